The number of amides is 1. The van der Waals surface area contributed by atoms with Gasteiger partial charge < -0.3 is 10.1 Å². The van der Waals surface area contributed by atoms with Crippen LogP contribution < -0.4 is 5.32 Å². The van der Waals surface area contributed by atoms with Crippen molar-refractivity contribution in [2.24, 2.45) is 0 Å². The Hall–Kier alpha value is -2.99. The maximum Gasteiger partial charge on any atom is 0.407 e. The number of carbonyl (C=O) groups is 1. The van der Waals surface area contributed by atoms with E-state index in [2.05, 4.69) is 55.5 Å². The van der Waals surface area contributed by atoms with Crippen LogP contribution in [0, 0.1) is 0 Å². The van der Waals surface area contributed by atoms with Crippen LogP contribution in [0.5, 0.6) is 0 Å². The van der Waals surface area contributed by atoms with Crippen molar-refractivity contribution in [2.75, 3.05) is 13.2 Å². The Balaban J connectivity index is 1.33. The summed E-state index contributed by atoms with van der Waals surface area (Å²) < 4.78 is 6.17. The number of nitrogens with zero attached hydrogens (tertiary/aromatic N) is 2. The number of aromatic nitrogens is 2. The van der Waals surface area contributed by atoms with Crippen molar-refractivity contribution in [1.82, 2.24) is 15.3 Å². The van der Waals surface area contributed by atoms with Crippen LogP contribution in [0.1, 0.15) is 22.7 Å². The molecule has 0 saturated carbocycles. The molecule has 140 valence electrons. The molecule has 0 saturated heterocycles. The lowest BCUT2D eigenvalue weighted by Crippen LogP contribution is -2.26. The Morgan fingerprint density at radius 1 is 1.04 bits per heavy atom. The van der Waals surface area contributed by atoms with Gasteiger partial charge in [-0.2, -0.15) is 0 Å². The van der Waals surface area contributed by atoms with Crippen molar-refractivity contribution < 1.29 is 9.53 Å². The third-order valence-corrected chi connectivity index (χ3v) is 5.05. The van der Waals surface area contributed by atoms with Gasteiger partial charge in [0.25, 0.3) is 0 Å². The van der Waals surface area contributed by atoms with Crippen molar-refractivity contribution in [3.8, 4) is 11.1 Å². The molecule has 1 aromatic heterocycles. The lowest BCUT2D eigenvalue weighted by molar-refractivity contribution is 0.144. The second kappa shape index (κ2) is 8.35. The summed E-state index contributed by atoms with van der Waals surface area (Å²) in [5.74, 6) is 0.0618. The first-order valence-electron chi connectivity index (χ1n) is 8.95. The molecule has 6 heteroatoms. The van der Waals surface area contributed by atoms with Gasteiger partial charge in [0.2, 0.25) is 0 Å². The van der Waals surface area contributed by atoms with Crippen LogP contribution in [0.15, 0.2) is 71.6 Å². The maximum absolute atomic E-state index is 12.1. The lowest BCUT2D eigenvalue weighted by Gasteiger charge is -2.14. The number of ether oxygens (including phenoxy) is 1. The van der Waals surface area contributed by atoms with E-state index in [-0.39, 0.29) is 5.92 Å². The van der Waals surface area contributed by atoms with E-state index in [1.807, 2.05) is 24.3 Å². The average molecular weight is 436 g/mol. The molecule has 0 radical (unpaired) electrons. The fraction of sp³-hybridized carbons (Fsp3) is 0.136. The molecular formula is C22H18BrN3O2. The van der Waals surface area contributed by atoms with Gasteiger partial charge in [-0.1, -0.05) is 54.6 Å². The number of carbonyl (C=O) groups excluding carboxylic acids is 1. The molecular weight excluding hydrogens is 418 g/mol. The number of halogens is 1. The van der Waals surface area contributed by atoms with Crippen molar-refractivity contribution in [3.63, 3.8) is 0 Å². The van der Waals surface area contributed by atoms with Crippen molar-refractivity contribution in [1.29, 1.82) is 0 Å². The van der Waals surface area contributed by atoms with Gasteiger partial charge in [0.1, 0.15) is 11.2 Å². The van der Waals surface area contributed by atoms with Crippen molar-refractivity contribution in [2.45, 2.75) is 5.92 Å². The number of fused-ring (bicyclic) bond motifs is 3. The number of alkyl carbamates (subject to hydrolysis) is 1. The smallest absolute Gasteiger partial charge is 0.407 e. The summed E-state index contributed by atoms with van der Waals surface area (Å²) in [5.41, 5.74) is 5.55. The summed E-state index contributed by atoms with van der Waals surface area (Å²) in [4.78, 5) is 20.4. The van der Waals surface area contributed by atoms with Crippen LogP contribution in [-0.2, 0) is 4.74 Å². The summed E-state index contributed by atoms with van der Waals surface area (Å²) in [6.45, 7) is 0.663. The van der Waals surface area contributed by atoms with E-state index >= 15 is 0 Å². The van der Waals surface area contributed by atoms with E-state index in [1.165, 1.54) is 22.3 Å². The predicted octanol–water partition coefficient (Wildman–Crippen LogP) is 4.79. The minimum Gasteiger partial charge on any atom is -0.449 e. The zero-order valence-electron chi connectivity index (χ0n) is 15.0. The van der Waals surface area contributed by atoms with E-state index in [0.717, 1.165) is 5.69 Å². The van der Waals surface area contributed by atoms with E-state index in [4.69, 9.17) is 4.74 Å². The molecule has 1 amide bonds. The number of rotatable bonds is 5. The maximum atomic E-state index is 12.1. The molecule has 1 aliphatic carbocycles. The molecule has 0 fully saturated rings. The van der Waals surface area contributed by atoms with Crippen LogP contribution in [-0.4, -0.2) is 29.2 Å². The van der Waals surface area contributed by atoms with Gasteiger partial charge in [0.05, 0.1) is 18.1 Å². The van der Waals surface area contributed by atoms with Crippen molar-refractivity contribution >= 4 is 28.1 Å². The molecule has 0 bridgehead atoms. The zero-order valence-corrected chi connectivity index (χ0v) is 16.6. The highest BCUT2D eigenvalue weighted by atomic mass is 79.9. The fourth-order valence-corrected chi connectivity index (χ4v) is 3.58. The zero-order chi connectivity index (χ0) is 19.3. The van der Waals surface area contributed by atoms with Crippen LogP contribution in [0.4, 0.5) is 4.79 Å². The monoisotopic (exact) mass is 435 g/mol. The number of nitrogens with one attached hydrogen (secondary N) is 1. The number of hydrogen-bond acceptors (Lipinski definition) is 4. The predicted molar refractivity (Wildman–Crippen MR) is 112 cm³/mol. The average Bonchev–Trinajstić information content (AvgIpc) is 3.05. The quantitative estimate of drug-likeness (QED) is 0.625. The molecule has 0 unspecified atom stereocenters. The first kappa shape index (κ1) is 18.4. The first-order chi connectivity index (χ1) is 13.7. The van der Waals surface area contributed by atoms with Gasteiger partial charge in [-0.05, 0) is 44.3 Å². The molecule has 0 spiro atoms. The minimum atomic E-state index is -0.437. The van der Waals surface area contributed by atoms with Gasteiger partial charge in [-0.15, -0.1) is 0 Å². The number of benzene rings is 2. The highest BCUT2D eigenvalue weighted by molar-refractivity contribution is 9.10. The molecule has 1 aliphatic rings. The molecule has 1 N–H and O–H groups in total. The highest BCUT2D eigenvalue weighted by Gasteiger charge is 2.28. The highest BCUT2D eigenvalue weighted by Crippen LogP contribution is 2.44. The normalized spacial score (nSPS) is 12.6. The molecule has 4 rings (SSSR count). The summed E-state index contributed by atoms with van der Waals surface area (Å²) in [6.07, 6.45) is 6.43. The van der Waals surface area contributed by atoms with Gasteiger partial charge in [-0.25, -0.2) is 9.78 Å². The van der Waals surface area contributed by atoms with Crippen LogP contribution in [0.3, 0.4) is 0 Å². The van der Waals surface area contributed by atoms with Crippen LogP contribution in [0.2, 0.25) is 0 Å². The largest absolute Gasteiger partial charge is 0.449 e. The third-order valence-electron chi connectivity index (χ3n) is 4.64. The van der Waals surface area contributed by atoms with Gasteiger partial charge in [0.15, 0.2) is 0 Å². The van der Waals surface area contributed by atoms with Gasteiger partial charge >= 0.3 is 6.09 Å². The van der Waals surface area contributed by atoms with Crippen molar-refractivity contribution in [3.05, 3.63) is 88.4 Å². The van der Waals surface area contributed by atoms with E-state index < -0.39 is 6.09 Å². The Kier molecular flexibility index (Phi) is 5.48. The second-order valence-electron chi connectivity index (χ2n) is 6.37. The summed E-state index contributed by atoms with van der Waals surface area (Å²) >= 11 is 3.24. The number of hydrogen-bond donors (Lipinski definition) is 1. The second-order valence-corrected chi connectivity index (χ2v) is 7.19. The Bertz CT molecular complexity index is 973. The molecule has 3 aromatic rings. The van der Waals surface area contributed by atoms with Gasteiger partial charge in [0, 0.05) is 12.5 Å². The van der Waals surface area contributed by atoms with Crippen LogP contribution >= 0.6 is 15.9 Å². The van der Waals surface area contributed by atoms with E-state index in [0.29, 0.717) is 17.8 Å². The molecule has 1 heterocycles. The summed E-state index contributed by atoms with van der Waals surface area (Å²) in [7, 11) is 0. The minimum absolute atomic E-state index is 0.0618. The van der Waals surface area contributed by atoms with E-state index in [9.17, 15) is 4.79 Å². The topological polar surface area (TPSA) is 64.1 Å². The lowest BCUT2D eigenvalue weighted by atomic mass is 9.98. The molecule has 0 aliphatic heterocycles. The molecule has 5 nitrogen and oxygen atoms in total. The Labute approximate surface area is 171 Å². The fourth-order valence-electron chi connectivity index (χ4n) is 3.38. The third kappa shape index (κ3) is 3.97. The van der Waals surface area contributed by atoms with Crippen LogP contribution in [0.25, 0.3) is 17.2 Å². The van der Waals surface area contributed by atoms with Gasteiger partial charge in [-0.3, -0.25) is 4.98 Å². The first-order valence-corrected chi connectivity index (χ1v) is 9.74. The Morgan fingerprint density at radius 3 is 2.36 bits per heavy atom. The van der Waals surface area contributed by atoms with E-state index in [1.54, 1.807) is 24.5 Å². The summed E-state index contributed by atoms with van der Waals surface area (Å²) in [6, 6.07) is 16.5. The Morgan fingerprint density at radius 2 is 1.71 bits per heavy atom. The SMILES string of the molecule is O=C(NCC=Cc1cnc(Br)cn1)OCC1c2ccccc2-c2ccccc21. The molecule has 0 atom stereocenters. The molecule has 28 heavy (non-hydrogen) atoms. The standard InChI is InChI=1S/C22H18BrN3O2/c23-21-13-25-15(12-26-21)6-5-11-24-22(27)28-14-20-18-9-3-1-7-16(18)17-8-2-4-10-19(17)20/h1-10,12-13,20H,11,14H2,(H,24,27). The molecule has 2 aromatic carbocycles. The summed E-state index contributed by atoms with van der Waals surface area (Å²) in [5, 5.41) is 2.73.